The summed E-state index contributed by atoms with van der Waals surface area (Å²) >= 11 is 5.81. The van der Waals surface area contributed by atoms with E-state index in [4.69, 9.17) is 21.6 Å². The normalized spacial score (nSPS) is 21.3. The molecule has 0 heterocycles. The van der Waals surface area contributed by atoms with Crippen LogP contribution in [-0.2, 0) is 4.74 Å². The summed E-state index contributed by atoms with van der Waals surface area (Å²) in [5.74, 6) is -3.50. The SMILES string of the molecule is CC1C=C(O[C@H](CCCl)c2ccccc2)C(C#N)=CC1(F)F. The number of hydrogen-bond acceptors (Lipinski definition) is 2. The smallest absolute Gasteiger partial charge is 0.274 e. The van der Waals surface area contributed by atoms with E-state index >= 15 is 0 Å². The van der Waals surface area contributed by atoms with Crippen molar-refractivity contribution in [1.29, 1.82) is 5.26 Å². The summed E-state index contributed by atoms with van der Waals surface area (Å²) in [5.41, 5.74) is 0.755. The Balaban J connectivity index is 2.27. The maximum atomic E-state index is 13.7. The molecule has 2 atom stereocenters. The molecule has 2 rings (SSSR count). The van der Waals surface area contributed by atoms with Gasteiger partial charge in [0.05, 0.1) is 5.57 Å². The first kappa shape index (κ1) is 16.5. The zero-order valence-electron chi connectivity index (χ0n) is 12.1. The van der Waals surface area contributed by atoms with Gasteiger partial charge >= 0.3 is 0 Å². The standard InChI is InChI=1S/C17H16ClF2NO/c1-12-9-16(14(11-21)10-17(12,19)20)22-15(7-8-18)13-5-3-2-4-6-13/h2-6,9-10,12,15H,7-8H2,1H3/t12?,15-/m1/s1. The largest absolute Gasteiger partial charge is 0.485 e. The highest BCUT2D eigenvalue weighted by atomic mass is 35.5. The van der Waals surface area contributed by atoms with Gasteiger partial charge in [-0.1, -0.05) is 37.3 Å². The lowest BCUT2D eigenvalue weighted by Gasteiger charge is -2.27. The van der Waals surface area contributed by atoms with Gasteiger partial charge in [0, 0.05) is 24.3 Å². The molecule has 0 spiro atoms. The molecule has 5 heteroatoms. The predicted octanol–water partition coefficient (Wildman–Crippen LogP) is 4.99. The molecule has 0 bridgehead atoms. The minimum absolute atomic E-state index is 0.140. The lowest BCUT2D eigenvalue weighted by molar-refractivity contribution is 0.00940. The average Bonchev–Trinajstić information content (AvgIpc) is 2.51. The average molecular weight is 324 g/mol. The Bertz CT molecular complexity index is 619. The number of alkyl halides is 3. The van der Waals surface area contributed by atoms with E-state index < -0.39 is 11.8 Å². The van der Waals surface area contributed by atoms with Crippen LogP contribution in [0.3, 0.4) is 0 Å². The van der Waals surface area contributed by atoms with Crippen LogP contribution in [0, 0.1) is 17.2 Å². The van der Waals surface area contributed by atoms with Gasteiger partial charge in [0.15, 0.2) is 0 Å². The maximum absolute atomic E-state index is 13.7. The van der Waals surface area contributed by atoms with Gasteiger partial charge in [0.2, 0.25) is 0 Å². The van der Waals surface area contributed by atoms with Crippen molar-refractivity contribution >= 4 is 11.6 Å². The van der Waals surface area contributed by atoms with Crippen LogP contribution in [0.5, 0.6) is 0 Å². The number of benzene rings is 1. The number of allylic oxidation sites excluding steroid dienone is 3. The maximum Gasteiger partial charge on any atom is 0.274 e. The number of halogens is 3. The van der Waals surface area contributed by atoms with E-state index in [9.17, 15) is 8.78 Å². The second-order valence-corrected chi connectivity index (χ2v) is 5.54. The summed E-state index contributed by atoms with van der Waals surface area (Å²) < 4.78 is 33.2. The van der Waals surface area contributed by atoms with Crippen molar-refractivity contribution in [3.63, 3.8) is 0 Å². The highest BCUT2D eigenvalue weighted by Gasteiger charge is 2.38. The molecule has 0 fully saturated rings. The highest BCUT2D eigenvalue weighted by molar-refractivity contribution is 6.17. The van der Waals surface area contributed by atoms with Gasteiger partial charge in [-0.05, 0) is 11.6 Å². The first-order valence-corrected chi connectivity index (χ1v) is 7.52. The van der Waals surface area contributed by atoms with Crippen molar-refractivity contribution < 1.29 is 13.5 Å². The Kier molecular flexibility index (Phi) is 5.20. The van der Waals surface area contributed by atoms with Crippen LogP contribution in [0.1, 0.15) is 25.0 Å². The summed E-state index contributed by atoms with van der Waals surface area (Å²) in [4.78, 5) is 0. The van der Waals surface area contributed by atoms with E-state index in [0.717, 1.165) is 5.56 Å². The van der Waals surface area contributed by atoms with Gasteiger partial charge in [0.25, 0.3) is 5.92 Å². The van der Waals surface area contributed by atoms with E-state index in [1.807, 2.05) is 30.3 Å². The van der Waals surface area contributed by atoms with Crippen molar-refractivity contribution in [3.05, 3.63) is 59.4 Å². The third-order valence-corrected chi connectivity index (χ3v) is 3.76. The van der Waals surface area contributed by atoms with Crippen LogP contribution >= 0.6 is 11.6 Å². The fourth-order valence-corrected chi connectivity index (χ4v) is 2.42. The molecule has 1 aliphatic rings. The Hall–Kier alpha value is -1.86. The number of nitriles is 1. The zero-order valence-corrected chi connectivity index (χ0v) is 12.9. The van der Waals surface area contributed by atoms with Gasteiger partial charge in [-0.2, -0.15) is 5.26 Å². The Morgan fingerprint density at radius 1 is 1.36 bits per heavy atom. The highest BCUT2D eigenvalue weighted by Crippen LogP contribution is 2.38. The summed E-state index contributed by atoms with van der Waals surface area (Å²) in [6.07, 6.45) is 2.13. The van der Waals surface area contributed by atoms with Crippen molar-refractivity contribution in [2.75, 3.05) is 5.88 Å². The molecule has 0 saturated heterocycles. The van der Waals surface area contributed by atoms with E-state index in [2.05, 4.69) is 0 Å². The second-order valence-electron chi connectivity index (χ2n) is 5.16. The van der Waals surface area contributed by atoms with Crippen molar-refractivity contribution in [1.82, 2.24) is 0 Å². The Morgan fingerprint density at radius 2 is 2.05 bits per heavy atom. The molecule has 1 aromatic rings. The van der Waals surface area contributed by atoms with Gasteiger partial charge in [0.1, 0.15) is 17.9 Å². The van der Waals surface area contributed by atoms with Crippen LogP contribution in [0.2, 0.25) is 0 Å². The minimum Gasteiger partial charge on any atom is -0.485 e. The second kappa shape index (κ2) is 6.93. The molecule has 2 nitrogen and oxygen atoms in total. The molecular formula is C17H16ClF2NO. The molecule has 0 aromatic heterocycles. The number of rotatable bonds is 5. The molecular weight excluding hydrogens is 308 g/mol. The quantitative estimate of drug-likeness (QED) is 0.715. The molecule has 0 aliphatic heterocycles. The number of hydrogen-bond donors (Lipinski definition) is 0. The Labute approximate surface area is 133 Å². The third-order valence-electron chi connectivity index (χ3n) is 3.54. The van der Waals surface area contributed by atoms with Crippen LogP contribution in [-0.4, -0.2) is 11.8 Å². The van der Waals surface area contributed by atoms with Gasteiger partial charge in [-0.15, -0.1) is 11.6 Å². The summed E-state index contributed by atoms with van der Waals surface area (Å²) in [6, 6.07) is 11.2. The minimum atomic E-state index is -3.04. The van der Waals surface area contributed by atoms with Gasteiger partial charge in [-0.3, -0.25) is 0 Å². The first-order valence-electron chi connectivity index (χ1n) is 6.98. The van der Waals surface area contributed by atoms with Crippen molar-refractivity contribution in [3.8, 4) is 6.07 Å². The van der Waals surface area contributed by atoms with Crippen molar-refractivity contribution in [2.45, 2.75) is 25.4 Å². The monoisotopic (exact) mass is 323 g/mol. The summed E-state index contributed by atoms with van der Waals surface area (Å²) in [7, 11) is 0. The van der Waals surface area contributed by atoms with E-state index in [0.29, 0.717) is 18.4 Å². The molecule has 22 heavy (non-hydrogen) atoms. The predicted molar refractivity (Wildman–Crippen MR) is 81.5 cm³/mol. The lowest BCUT2D eigenvalue weighted by Crippen LogP contribution is -2.26. The van der Waals surface area contributed by atoms with Crippen molar-refractivity contribution in [2.24, 2.45) is 5.92 Å². The summed E-state index contributed by atoms with van der Waals surface area (Å²) in [6.45, 7) is 1.40. The topological polar surface area (TPSA) is 33.0 Å². The lowest BCUT2D eigenvalue weighted by atomic mass is 9.93. The molecule has 0 saturated carbocycles. The first-order chi connectivity index (χ1) is 10.5. The molecule has 0 amide bonds. The molecule has 116 valence electrons. The fraction of sp³-hybridized carbons (Fsp3) is 0.353. The number of nitrogens with zero attached hydrogens (tertiary/aromatic N) is 1. The summed E-state index contributed by atoms with van der Waals surface area (Å²) in [5, 5.41) is 9.09. The molecule has 1 aromatic carbocycles. The van der Waals surface area contributed by atoms with Crippen LogP contribution in [0.25, 0.3) is 0 Å². The van der Waals surface area contributed by atoms with Crippen LogP contribution < -0.4 is 0 Å². The molecule has 1 aliphatic carbocycles. The fourth-order valence-electron chi connectivity index (χ4n) is 2.23. The molecule has 1 unspecified atom stereocenters. The molecule has 0 N–H and O–H groups in total. The van der Waals surface area contributed by atoms with Gasteiger partial charge < -0.3 is 4.74 Å². The van der Waals surface area contributed by atoms with E-state index in [1.54, 1.807) is 6.07 Å². The Morgan fingerprint density at radius 3 is 2.64 bits per heavy atom. The van der Waals surface area contributed by atoms with E-state index in [-0.39, 0.29) is 17.4 Å². The van der Waals surface area contributed by atoms with Gasteiger partial charge in [-0.25, -0.2) is 8.78 Å². The zero-order chi connectivity index (χ0) is 16.2. The van der Waals surface area contributed by atoms with E-state index in [1.165, 1.54) is 13.0 Å². The van der Waals surface area contributed by atoms with Crippen LogP contribution in [0.4, 0.5) is 8.78 Å². The third kappa shape index (κ3) is 3.66. The number of ether oxygens (including phenoxy) is 1. The van der Waals surface area contributed by atoms with Crippen LogP contribution in [0.15, 0.2) is 53.8 Å². The molecule has 0 radical (unpaired) electrons.